The maximum atomic E-state index is 13.3. The Bertz CT molecular complexity index is 2160. The number of imidazole rings is 1. The minimum atomic E-state index is -0.610. The van der Waals surface area contributed by atoms with Crippen LogP contribution in [0.25, 0.3) is 17.2 Å². The van der Waals surface area contributed by atoms with Gasteiger partial charge in [-0.2, -0.15) is 10.2 Å². The molecule has 2 heterocycles. The van der Waals surface area contributed by atoms with Crippen LogP contribution in [0.3, 0.4) is 0 Å². The van der Waals surface area contributed by atoms with Crippen LogP contribution in [0, 0.1) is 11.3 Å². The summed E-state index contributed by atoms with van der Waals surface area (Å²) >= 11 is 18.4. The number of rotatable bonds is 8. The number of nitrogens with zero attached hydrogens (tertiary/aromatic N) is 5. The molecule has 11 nitrogen and oxygen atoms in total. The Morgan fingerprint density at radius 3 is 2.36 bits per heavy atom. The molecule has 3 aromatic carbocycles. The summed E-state index contributed by atoms with van der Waals surface area (Å²) in [6.45, 7) is 0.0622. The first-order valence-electron chi connectivity index (χ1n) is 13.2. The van der Waals surface area contributed by atoms with Gasteiger partial charge in [0.1, 0.15) is 11.6 Å². The Balaban J connectivity index is 1.54. The van der Waals surface area contributed by atoms with Crippen LogP contribution in [0.15, 0.2) is 75.8 Å². The third-order valence-corrected chi connectivity index (χ3v) is 7.66. The average molecular weight is 666 g/mol. The van der Waals surface area contributed by atoms with Crippen LogP contribution >= 0.6 is 34.8 Å². The van der Waals surface area contributed by atoms with Crippen molar-refractivity contribution < 1.29 is 14.3 Å². The van der Waals surface area contributed by atoms with Gasteiger partial charge in [0.25, 0.3) is 11.5 Å². The molecule has 5 aromatic rings. The van der Waals surface area contributed by atoms with E-state index in [2.05, 4.69) is 10.3 Å². The summed E-state index contributed by atoms with van der Waals surface area (Å²) in [7, 11) is 4.29. The van der Waals surface area contributed by atoms with Crippen molar-refractivity contribution in [3.63, 3.8) is 0 Å². The van der Waals surface area contributed by atoms with Crippen LogP contribution in [0.2, 0.25) is 15.1 Å². The molecular weight excluding hydrogens is 643 g/mol. The number of carbonyl (C=O) groups excluding carboxylic acids is 1. The fourth-order valence-corrected chi connectivity index (χ4v) is 5.07. The van der Waals surface area contributed by atoms with Gasteiger partial charge >= 0.3 is 11.7 Å². The van der Waals surface area contributed by atoms with Crippen molar-refractivity contribution >= 4 is 63.6 Å². The van der Waals surface area contributed by atoms with Crippen LogP contribution in [0.5, 0.6) is 17.5 Å². The highest BCUT2D eigenvalue weighted by molar-refractivity contribution is 6.35. The van der Waals surface area contributed by atoms with Crippen LogP contribution in [0.1, 0.15) is 11.1 Å². The second-order valence-corrected chi connectivity index (χ2v) is 11.0. The van der Waals surface area contributed by atoms with Crippen molar-refractivity contribution in [1.29, 1.82) is 5.26 Å². The van der Waals surface area contributed by atoms with E-state index in [4.69, 9.17) is 44.3 Å². The van der Waals surface area contributed by atoms with Crippen molar-refractivity contribution in [3.8, 4) is 23.6 Å². The molecule has 228 valence electrons. The number of hydrogen-bond acceptors (Lipinski definition) is 7. The Kier molecular flexibility index (Phi) is 9.01. The Hall–Kier alpha value is -5.02. The van der Waals surface area contributed by atoms with Crippen molar-refractivity contribution in [2.45, 2.75) is 6.54 Å². The largest absolute Gasteiger partial charge is 0.493 e. The van der Waals surface area contributed by atoms with E-state index in [1.54, 1.807) is 60.7 Å². The first-order valence-corrected chi connectivity index (χ1v) is 14.3. The van der Waals surface area contributed by atoms with E-state index in [1.807, 2.05) is 6.07 Å². The molecule has 0 saturated carbocycles. The van der Waals surface area contributed by atoms with E-state index < -0.39 is 17.2 Å². The highest BCUT2D eigenvalue weighted by Gasteiger charge is 2.23. The SMILES string of the molecule is COc1cc(/C=C(/C#N)C(=O)Nc2ccc(Cl)cc2)ccc1Oc1nc2c(c(=O)n(C)c(=O)n2C)n1Cc1ccc(Cl)cc1Cl. The van der Waals surface area contributed by atoms with E-state index in [9.17, 15) is 19.6 Å². The number of aromatic nitrogens is 4. The monoisotopic (exact) mass is 664 g/mol. The summed E-state index contributed by atoms with van der Waals surface area (Å²) in [4.78, 5) is 43.2. The van der Waals surface area contributed by atoms with Gasteiger partial charge < -0.3 is 14.8 Å². The molecule has 0 unspecified atom stereocenters. The zero-order valence-corrected chi connectivity index (χ0v) is 26.2. The third-order valence-electron chi connectivity index (χ3n) is 6.82. The molecule has 14 heteroatoms. The lowest BCUT2D eigenvalue weighted by atomic mass is 10.1. The maximum absolute atomic E-state index is 13.3. The molecule has 0 atom stereocenters. The van der Waals surface area contributed by atoms with Crippen LogP contribution in [0.4, 0.5) is 5.69 Å². The van der Waals surface area contributed by atoms with Crippen LogP contribution in [-0.4, -0.2) is 31.7 Å². The zero-order chi connectivity index (χ0) is 32.4. The predicted octanol–water partition coefficient (Wildman–Crippen LogP) is 5.79. The van der Waals surface area contributed by atoms with Gasteiger partial charge in [0, 0.05) is 34.9 Å². The number of halogens is 3. The van der Waals surface area contributed by atoms with E-state index in [-0.39, 0.29) is 40.8 Å². The quantitative estimate of drug-likeness (QED) is 0.164. The van der Waals surface area contributed by atoms with Gasteiger partial charge in [-0.25, -0.2) is 4.79 Å². The molecule has 1 N–H and O–H groups in total. The molecule has 0 bridgehead atoms. The van der Waals surface area contributed by atoms with Crippen molar-refractivity contribution in [1.82, 2.24) is 18.7 Å². The Labute approximate surface area is 271 Å². The summed E-state index contributed by atoms with van der Waals surface area (Å²) in [6.07, 6.45) is 1.40. The molecule has 0 aliphatic rings. The molecule has 0 saturated heterocycles. The molecule has 0 aliphatic carbocycles. The molecular formula is C31H23Cl3N6O5. The number of nitrogens with one attached hydrogen (secondary N) is 1. The van der Waals surface area contributed by atoms with Crippen LogP contribution < -0.4 is 26.0 Å². The fourth-order valence-electron chi connectivity index (χ4n) is 4.47. The third kappa shape index (κ3) is 6.44. The zero-order valence-electron chi connectivity index (χ0n) is 24.0. The minimum Gasteiger partial charge on any atom is -0.493 e. The smallest absolute Gasteiger partial charge is 0.332 e. The fraction of sp³-hybridized carbons (Fsp3) is 0.129. The first kappa shape index (κ1) is 31.4. The molecule has 0 spiro atoms. The summed E-state index contributed by atoms with van der Waals surface area (Å²) in [6, 6.07) is 18.1. The van der Waals surface area contributed by atoms with Crippen LogP contribution in [-0.2, 0) is 25.4 Å². The lowest BCUT2D eigenvalue weighted by molar-refractivity contribution is -0.112. The second kappa shape index (κ2) is 12.9. The molecule has 0 fully saturated rings. The highest BCUT2D eigenvalue weighted by Crippen LogP contribution is 2.34. The number of aryl methyl sites for hydroxylation is 1. The number of anilines is 1. The summed E-state index contributed by atoms with van der Waals surface area (Å²) in [5.74, 6) is -0.163. The lowest BCUT2D eigenvalue weighted by Gasteiger charge is -2.13. The van der Waals surface area contributed by atoms with Gasteiger partial charge in [0.2, 0.25) is 0 Å². The standard InChI is InChI=1S/C31H23Cl3N6O5/c1-38-27-26(29(42)39(2)31(38)43)40(16-18-5-6-21(33)14-23(18)34)30(37-27)45-24-11-4-17(13-25(24)44-3)12-19(15-35)28(41)36-22-9-7-20(32)8-10-22/h4-14H,16H2,1-3H3,(H,36,41)/b19-12-. The summed E-state index contributed by atoms with van der Waals surface area (Å²) in [5.41, 5.74) is 0.496. The summed E-state index contributed by atoms with van der Waals surface area (Å²) < 4.78 is 15.5. The van der Waals surface area contributed by atoms with Gasteiger partial charge in [-0.3, -0.25) is 23.3 Å². The van der Waals surface area contributed by atoms with Gasteiger partial charge in [0.05, 0.1) is 13.7 Å². The normalized spacial score (nSPS) is 11.4. The Morgan fingerprint density at radius 1 is 0.978 bits per heavy atom. The van der Waals surface area contributed by atoms with Gasteiger partial charge in [-0.05, 0) is 65.7 Å². The molecule has 2 aromatic heterocycles. The number of ether oxygens (including phenoxy) is 2. The lowest BCUT2D eigenvalue weighted by Crippen LogP contribution is -2.37. The Morgan fingerprint density at radius 2 is 1.69 bits per heavy atom. The molecule has 1 amide bonds. The van der Waals surface area contributed by atoms with E-state index in [0.717, 1.165) is 4.57 Å². The highest BCUT2D eigenvalue weighted by atomic mass is 35.5. The van der Waals surface area contributed by atoms with Gasteiger partial charge in [-0.15, -0.1) is 0 Å². The van der Waals surface area contributed by atoms with Gasteiger partial charge in [-0.1, -0.05) is 46.9 Å². The summed E-state index contributed by atoms with van der Waals surface area (Å²) in [5, 5.41) is 13.6. The number of carbonyl (C=O) groups is 1. The number of fused-ring (bicyclic) bond motifs is 1. The molecule has 45 heavy (non-hydrogen) atoms. The number of benzene rings is 3. The molecule has 5 rings (SSSR count). The van der Waals surface area contributed by atoms with E-state index >= 15 is 0 Å². The van der Waals surface area contributed by atoms with Crippen molar-refractivity contribution in [2.24, 2.45) is 14.1 Å². The minimum absolute atomic E-state index is 0.0176. The number of nitriles is 1. The van der Waals surface area contributed by atoms with Crippen molar-refractivity contribution in [2.75, 3.05) is 12.4 Å². The number of methoxy groups -OCH3 is 1. The number of hydrogen-bond donors (Lipinski definition) is 1. The first-order chi connectivity index (χ1) is 21.5. The molecule has 0 aliphatic heterocycles. The van der Waals surface area contributed by atoms with Crippen molar-refractivity contribution in [3.05, 3.63) is 113 Å². The predicted molar refractivity (Wildman–Crippen MR) is 173 cm³/mol. The van der Waals surface area contributed by atoms with E-state index in [1.165, 1.54) is 36.4 Å². The van der Waals surface area contributed by atoms with Gasteiger partial charge in [0.15, 0.2) is 22.7 Å². The maximum Gasteiger partial charge on any atom is 0.332 e. The average Bonchev–Trinajstić information content (AvgIpc) is 3.38. The topological polar surface area (TPSA) is 133 Å². The van der Waals surface area contributed by atoms with E-state index in [0.29, 0.717) is 31.9 Å². The second-order valence-electron chi connectivity index (χ2n) is 9.74. The molecule has 0 radical (unpaired) electrons. The number of amides is 1.